The van der Waals surface area contributed by atoms with Crippen LogP contribution in [0.1, 0.15) is 28.8 Å². The van der Waals surface area contributed by atoms with E-state index in [1.54, 1.807) is 18.2 Å². The van der Waals surface area contributed by atoms with Crippen molar-refractivity contribution in [3.63, 3.8) is 0 Å². The van der Waals surface area contributed by atoms with Gasteiger partial charge in [0.2, 0.25) is 0 Å². The lowest BCUT2D eigenvalue weighted by atomic mass is 9.97. The van der Waals surface area contributed by atoms with Gasteiger partial charge in [0.1, 0.15) is 6.04 Å². The van der Waals surface area contributed by atoms with E-state index in [4.69, 9.17) is 10.5 Å². The van der Waals surface area contributed by atoms with Crippen molar-refractivity contribution in [2.24, 2.45) is 5.73 Å². The molecule has 0 spiro atoms. The van der Waals surface area contributed by atoms with Gasteiger partial charge in [-0.05, 0) is 30.5 Å². The molecule has 1 aromatic carbocycles. The highest BCUT2D eigenvalue weighted by Crippen LogP contribution is 2.32. The summed E-state index contributed by atoms with van der Waals surface area (Å²) in [6, 6.07) is 4.25. The van der Waals surface area contributed by atoms with Gasteiger partial charge >= 0.3 is 6.18 Å². The molecule has 1 heterocycles. The van der Waals surface area contributed by atoms with Crippen LogP contribution in [-0.2, 0) is 11.3 Å². The molecule has 0 saturated carbocycles. The Morgan fingerprint density at radius 3 is 2.77 bits per heavy atom. The predicted octanol–water partition coefficient (Wildman–Crippen LogP) is 2.33. The number of piperidine rings is 1. The first-order valence-corrected chi connectivity index (χ1v) is 7.04. The van der Waals surface area contributed by atoms with E-state index in [1.807, 2.05) is 0 Å². The van der Waals surface area contributed by atoms with Crippen molar-refractivity contribution < 1.29 is 22.7 Å². The molecular weight excluding hydrogens is 297 g/mol. The molecule has 4 nitrogen and oxygen atoms in total. The van der Waals surface area contributed by atoms with Crippen molar-refractivity contribution in [2.45, 2.75) is 37.7 Å². The van der Waals surface area contributed by atoms with Crippen LogP contribution in [0, 0.1) is 0 Å². The molecule has 2 rings (SSSR count). The summed E-state index contributed by atoms with van der Waals surface area (Å²) < 4.78 is 44.4. The average molecular weight is 316 g/mol. The van der Waals surface area contributed by atoms with Gasteiger partial charge in [-0.1, -0.05) is 12.1 Å². The monoisotopic (exact) mass is 316 g/mol. The fourth-order valence-corrected chi connectivity index (χ4v) is 2.69. The highest BCUT2D eigenvalue weighted by atomic mass is 19.4. The Labute approximate surface area is 127 Å². The Balaban J connectivity index is 2.26. The summed E-state index contributed by atoms with van der Waals surface area (Å²) in [5.74, 6) is -0.643. The molecule has 2 N–H and O–H groups in total. The number of halogens is 3. The van der Waals surface area contributed by atoms with E-state index in [0.717, 1.165) is 10.5 Å². The molecule has 2 atom stereocenters. The largest absolute Gasteiger partial charge is 0.408 e. The van der Waals surface area contributed by atoms with E-state index in [0.29, 0.717) is 6.61 Å². The Morgan fingerprint density at radius 2 is 2.14 bits per heavy atom. The molecule has 22 heavy (non-hydrogen) atoms. The number of hydrogen-bond acceptors (Lipinski definition) is 3. The Bertz CT molecular complexity index is 534. The molecule has 122 valence electrons. The molecule has 1 aliphatic rings. The van der Waals surface area contributed by atoms with Crippen LogP contribution >= 0.6 is 0 Å². The topological polar surface area (TPSA) is 55.6 Å². The van der Waals surface area contributed by atoms with Gasteiger partial charge in [0.25, 0.3) is 5.91 Å². The Kier molecular flexibility index (Phi) is 5.08. The van der Waals surface area contributed by atoms with Crippen molar-refractivity contribution in [2.75, 3.05) is 13.7 Å². The predicted molar refractivity (Wildman–Crippen MR) is 75.2 cm³/mol. The number of nitrogens with zero attached hydrogens (tertiary/aromatic N) is 1. The summed E-state index contributed by atoms with van der Waals surface area (Å²) in [7, 11) is 1.51. The molecule has 0 aliphatic carbocycles. The van der Waals surface area contributed by atoms with Gasteiger partial charge in [-0.2, -0.15) is 13.2 Å². The van der Waals surface area contributed by atoms with Crippen molar-refractivity contribution in [3.8, 4) is 0 Å². The number of rotatable bonds is 3. The maximum Gasteiger partial charge on any atom is 0.408 e. The van der Waals surface area contributed by atoms with Crippen LogP contribution in [0.15, 0.2) is 24.3 Å². The number of ether oxygens (including phenoxy) is 1. The third-order valence-electron chi connectivity index (χ3n) is 3.74. The van der Waals surface area contributed by atoms with E-state index in [9.17, 15) is 18.0 Å². The summed E-state index contributed by atoms with van der Waals surface area (Å²) in [6.07, 6.45) is -4.34. The van der Waals surface area contributed by atoms with Crippen LogP contribution in [0.4, 0.5) is 13.2 Å². The molecule has 0 bridgehead atoms. The number of carbonyl (C=O) groups excluding carboxylic acids is 1. The van der Waals surface area contributed by atoms with Gasteiger partial charge in [0, 0.05) is 25.3 Å². The van der Waals surface area contributed by atoms with Crippen LogP contribution in [0.25, 0.3) is 0 Å². The zero-order chi connectivity index (χ0) is 16.3. The second-order valence-corrected chi connectivity index (χ2v) is 5.49. The smallest absolute Gasteiger partial charge is 0.380 e. The van der Waals surface area contributed by atoms with Crippen molar-refractivity contribution >= 4 is 5.91 Å². The third kappa shape index (κ3) is 3.78. The summed E-state index contributed by atoms with van der Waals surface area (Å²) in [5.41, 5.74) is 6.70. The van der Waals surface area contributed by atoms with Gasteiger partial charge in [0.15, 0.2) is 0 Å². The summed E-state index contributed by atoms with van der Waals surface area (Å²) in [5, 5.41) is 0. The molecule has 1 amide bonds. The first-order valence-electron chi connectivity index (χ1n) is 7.04. The van der Waals surface area contributed by atoms with Gasteiger partial charge in [-0.3, -0.25) is 4.79 Å². The quantitative estimate of drug-likeness (QED) is 0.931. The number of benzene rings is 1. The van der Waals surface area contributed by atoms with Gasteiger partial charge < -0.3 is 15.4 Å². The molecule has 7 heteroatoms. The molecule has 0 unspecified atom stereocenters. The van der Waals surface area contributed by atoms with E-state index in [1.165, 1.54) is 13.2 Å². The van der Waals surface area contributed by atoms with Crippen LogP contribution < -0.4 is 5.73 Å². The average Bonchev–Trinajstić information content (AvgIpc) is 2.46. The fourth-order valence-electron chi connectivity index (χ4n) is 2.69. The first kappa shape index (κ1) is 16.8. The second-order valence-electron chi connectivity index (χ2n) is 5.49. The van der Waals surface area contributed by atoms with Crippen LogP contribution in [-0.4, -0.2) is 42.7 Å². The molecular formula is C15H19F3N2O2. The Hall–Kier alpha value is -1.60. The zero-order valence-electron chi connectivity index (χ0n) is 12.3. The van der Waals surface area contributed by atoms with Gasteiger partial charge in [-0.15, -0.1) is 0 Å². The maximum atomic E-state index is 13.1. The van der Waals surface area contributed by atoms with Crippen molar-refractivity contribution in [3.05, 3.63) is 35.4 Å². The molecule has 0 radical (unpaired) electrons. The standard InChI is InChI=1S/C15H19F3N2O2/c1-22-9-10-3-2-4-11(7-10)14(21)20-8-12(19)5-6-13(20)15(16,17)18/h2-4,7,12-13H,5-6,8-9,19H2,1H3/t12-,13+/m1/s1. The lowest BCUT2D eigenvalue weighted by Crippen LogP contribution is -2.56. The fraction of sp³-hybridized carbons (Fsp3) is 0.533. The van der Waals surface area contributed by atoms with Gasteiger partial charge in [-0.25, -0.2) is 0 Å². The van der Waals surface area contributed by atoms with E-state index < -0.39 is 24.2 Å². The third-order valence-corrected chi connectivity index (χ3v) is 3.74. The number of methoxy groups -OCH3 is 1. The summed E-state index contributed by atoms with van der Waals surface area (Å²) >= 11 is 0. The number of alkyl halides is 3. The van der Waals surface area contributed by atoms with Crippen LogP contribution in [0.5, 0.6) is 0 Å². The molecule has 1 fully saturated rings. The molecule has 1 saturated heterocycles. The van der Waals surface area contributed by atoms with Gasteiger partial charge in [0.05, 0.1) is 6.61 Å². The highest BCUT2D eigenvalue weighted by Gasteiger charge is 2.47. The zero-order valence-corrected chi connectivity index (χ0v) is 12.3. The van der Waals surface area contributed by atoms with Crippen LogP contribution in [0.2, 0.25) is 0 Å². The van der Waals surface area contributed by atoms with E-state index in [-0.39, 0.29) is 24.9 Å². The number of carbonyl (C=O) groups is 1. The van der Waals surface area contributed by atoms with Crippen molar-refractivity contribution in [1.29, 1.82) is 0 Å². The number of likely N-dealkylation sites (tertiary alicyclic amines) is 1. The lowest BCUT2D eigenvalue weighted by Gasteiger charge is -2.39. The molecule has 0 aromatic heterocycles. The van der Waals surface area contributed by atoms with E-state index in [2.05, 4.69) is 0 Å². The molecule has 1 aliphatic heterocycles. The minimum Gasteiger partial charge on any atom is -0.380 e. The summed E-state index contributed by atoms with van der Waals surface area (Å²) in [4.78, 5) is 13.3. The number of amides is 1. The minimum atomic E-state index is -4.44. The lowest BCUT2D eigenvalue weighted by molar-refractivity contribution is -0.184. The van der Waals surface area contributed by atoms with Crippen LogP contribution in [0.3, 0.4) is 0 Å². The number of hydrogen-bond donors (Lipinski definition) is 1. The summed E-state index contributed by atoms with van der Waals surface area (Å²) in [6.45, 7) is 0.209. The first-order chi connectivity index (χ1) is 10.3. The highest BCUT2D eigenvalue weighted by molar-refractivity contribution is 5.94. The van der Waals surface area contributed by atoms with E-state index >= 15 is 0 Å². The maximum absolute atomic E-state index is 13.1. The molecule has 1 aromatic rings. The minimum absolute atomic E-state index is 0.0858. The Morgan fingerprint density at radius 1 is 1.41 bits per heavy atom. The SMILES string of the molecule is COCc1cccc(C(=O)N2C[C@H](N)CC[C@H]2C(F)(F)F)c1. The normalized spacial score (nSPS) is 22.7. The number of nitrogens with two attached hydrogens (primary N) is 1. The second kappa shape index (κ2) is 6.66. The van der Waals surface area contributed by atoms with Crippen molar-refractivity contribution in [1.82, 2.24) is 4.90 Å².